The number of carbonyl (C=O) groups is 1. The van der Waals surface area contributed by atoms with Gasteiger partial charge in [-0.25, -0.2) is 0 Å². The highest BCUT2D eigenvalue weighted by molar-refractivity contribution is 5.92. The van der Waals surface area contributed by atoms with Gasteiger partial charge in [0, 0.05) is 18.5 Å². The van der Waals surface area contributed by atoms with Gasteiger partial charge in [0.05, 0.1) is 12.7 Å². The molecule has 0 spiro atoms. The van der Waals surface area contributed by atoms with E-state index in [0.717, 1.165) is 11.3 Å². The zero-order valence-electron chi connectivity index (χ0n) is 11.0. The van der Waals surface area contributed by atoms with Crippen LogP contribution in [0.1, 0.15) is 12.5 Å². The lowest BCUT2D eigenvalue weighted by atomic mass is 10.2. The van der Waals surface area contributed by atoms with Crippen molar-refractivity contribution in [2.24, 2.45) is 0 Å². The van der Waals surface area contributed by atoms with Gasteiger partial charge in [-0.1, -0.05) is 0 Å². The molecule has 0 aliphatic carbocycles. The molecule has 1 amide bonds. The van der Waals surface area contributed by atoms with Crippen molar-refractivity contribution in [3.63, 3.8) is 0 Å². The molecular formula is C13H20N2O3. The largest absolute Gasteiger partial charge is 0.399 e. The molecule has 1 aromatic rings. The molecule has 0 aliphatic rings. The molecule has 0 aromatic heterocycles. The summed E-state index contributed by atoms with van der Waals surface area (Å²) in [5.41, 5.74) is 7.99. The highest BCUT2D eigenvalue weighted by Crippen LogP contribution is 2.17. The van der Waals surface area contributed by atoms with Gasteiger partial charge in [0.15, 0.2) is 0 Å². The van der Waals surface area contributed by atoms with Crippen molar-refractivity contribution >= 4 is 17.3 Å². The van der Waals surface area contributed by atoms with Crippen LogP contribution in [0.2, 0.25) is 0 Å². The molecule has 5 nitrogen and oxygen atoms in total. The molecule has 0 bridgehead atoms. The number of carbonyl (C=O) groups excluding carboxylic acids is 1. The summed E-state index contributed by atoms with van der Waals surface area (Å²) in [5, 5.41) is 2.77. The van der Waals surface area contributed by atoms with Gasteiger partial charge >= 0.3 is 0 Å². The molecule has 1 atom stereocenters. The van der Waals surface area contributed by atoms with Crippen LogP contribution in [-0.2, 0) is 14.3 Å². The topological polar surface area (TPSA) is 73.6 Å². The summed E-state index contributed by atoms with van der Waals surface area (Å²) >= 11 is 0. The molecule has 0 saturated carbocycles. The van der Waals surface area contributed by atoms with Gasteiger partial charge in [-0.3, -0.25) is 4.79 Å². The smallest absolute Gasteiger partial charge is 0.250 e. The van der Waals surface area contributed by atoms with E-state index in [2.05, 4.69) is 5.32 Å². The van der Waals surface area contributed by atoms with E-state index in [-0.39, 0.29) is 18.6 Å². The zero-order chi connectivity index (χ0) is 13.5. The van der Waals surface area contributed by atoms with Crippen molar-refractivity contribution in [1.29, 1.82) is 0 Å². The van der Waals surface area contributed by atoms with E-state index < -0.39 is 0 Å². The van der Waals surface area contributed by atoms with Gasteiger partial charge in [0.25, 0.3) is 0 Å². The van der Waals surface area contributed by atoms with Crippen LogP contribution < -0.4 is 11.1 Å². The Hall–Kier alpha value is -1.59. The molecule has 5 heteroatoms. The quantitative estimate of drug-likeness (QED) is 0.754. The van der Waals surface area contributed by atoms with Crippen LogP contribution in [-0.4, -0.2) is 32.3 Å². The molecule has 1 unspecified atom stereocenters. The highest BCUT2D eigenvalue weighted by atomic mass is 16.5. The van der Waals surface area contributed by atoms with Crippen molar-refractivity contribution < 1.29 is 14.3 Å². The number of hydrogen-bond acceptors (Lipinski definition) is 4. The van der Waals surface area contributed by atoms with E-state index in [9.17, 15) is 4.79 Å². The first-order valence-electron chi connectivity index (χ1n) is 5.79. The molecule has 0 saturated heterocycles. The van der Waals surface area contributed by atoms with Crippen molar-refractivity contribution in [2.75, 3.05) is 31.4 Å². The Morgan fingerprint density at radius 3 is 2.83 bits per heavy atom. The molecule has 1 aromatic carbocycles. The fraction of sp³-hybridized carbons (Fsp3) is 0.462. The molecule has 1 rings (SSSR count). The maximum atomic E-state index is 11.7. The van der Waals surface area contributed by atoms with Gasteiger partial charge < -0.3 is 20.5 Å². The number of rotatable bonds is 6. The summed E-state index contributed by atoms with van der Waals surface area (Å²) in [7, 11) is 1.59. The predicted octanol–water partition coefficient (Wildman–Crippen LogP) is 1.57. The third-order valence-electron chi connectivity index (χ3n) is 2.42. The number of benzene rings is 1. The number of hydrogen-bond donors (Lipinski definition) is 2. The van der Waals surface area contributed by atoms with E-state index >= 15 is 0 Å². The van der Waals surface area contributed by atoms with Gasteiger partial charge in [-0.15, -0.1) is 0 Å². The van der Waals surface area contributed by atoms with Crippen LogP contribution in [0.5, 0.6) is 0 Å². The lowest BCUT2D eigenvalue weighted by Crippen LogP contribution is -2.24. The summed E-state index contributed by atoms with van der Waals surface area (Å²) in [5.74, 6) is -0.189. The van der Waals surface area contributed by atoms with E-state index in [4.69, 9.17) is 15.2 Å². The number of aryl methyl sites for hydroxylation is 1. The van der Waals surface area contributed by atoms with Gasteiger partial charge in [0.1, 0.15) is 6.61 Å². The summed E-state index contributed by atoms with van der Waals surface area (Å²) in [6.07, 6.45) is -0.103. The van der Waals surface area contributed by atoms with Crippen LogP contribution in [0.15, 0.2) is 18.2 Å². The van der Waals surface area contributed by atoms with Crippen molar-refractivity contribution in [1.82, 2.24) is 0 Å². The molecule has 0 heterocycles. The first-order valence-corrected chi connectivity index (χ1v) is 5.79. The van der Waals surface area contributed by atoms with Crippen molar-refractivity contribution in [3.8, 4) is 0 Å². The molecular weight excluding hydrogens is 232 g/mol. The van der Waals surface area contributed by atoms with E-state index in [1.54, 1.807) is 19.2 Å². The summed E-state index contributed by atoms with van der Waals surface area (Å²) in [6.45, 7) is 4.22. The SMILES string of the molecule is COCC(C)OCC(=O)Nc1ccc(N)cc1C. The van der Waals surface area contributed by atoms with Crippen molar-refractivity contribution in [3.05, 3.63) is 23.8 Å². The van der Waals surface area contributed by atoms with Crippen LogP contribution in [0.25, 0.3) is 0 Å². The number of nitrogens with one attached hydrogen (secondary N) is 1. The number of nitrogen functional groups attached to an aromatic ring is 1. The second kappa shape index (κ2) is 6.98. The molecule has 0 fully saturated rings. The van der Waals surface area contributed by atoms with Crippen LogP contribution in [0.3, 0.4) is 0 Å². The molecule has 18 heavy (non-hydrogen) atoms. The van der Waals surface area contributed by atoms with E-state index in [1.165, 1.54) is 0 Å². The average Bonchev–Trinajstić information content (AvgIpc) is 2.31. The number of anilines is 2. The monoisotopic (exact) mass is 252 g/mol. The summed E-state index contributed by atoms with van der Waals surface area (Å²) < 4.78 is 10.2. The van der Waals surface area contributed by atoms with Crippen molar-refractivity contribution in [2.45, 2.75) is 20.0 Å². The zero-order valence-corrected chi connectivity index (χ0v) is 11.0. The fourth-order valence-electron chi connectivity index (χ4n) is 1.51. The van der Waals surface area contributed by atoms with Crippen LogP contribution in [0, 0.1) is 6.92 Å². The molecule has 100 valence electrons. The Morgan fingerprint density at radius 1 is 1.50 bits per heavy atom. The minimum atomic E-state index is -0.189. The average molecular weight is 252 g/mol. The molecule has 3 N–H and O–H groups in total. The molecule has 0 radical (unpaired) electrons. The third kappa shape index (κ3) is 4.73. The van der Waals surface area contributed by atoms with Gasteiger partial charge in [-0.2, -0.15) is 0 Å². The molecule has 0 aliphatic heterocycles. The second-order valence-electron chi connectivity index (χ2n) is 4.20. The summed E-state index contributed by atoms with van der Waals surface area (Å²) in [6, 6.07) is 5.34. The number of ether oxygens (including phenoxy) is 2. The Balaban J connectivity index is 2.44. The highest BCUT2D eigenvalue weighted by Gasteiger charge is 2.08. The minimum absolute atomic E-state index is 0.00828. The van der Waals surface area contributed by atoms with Gasteiger partial charge in [0.2, 0.25) is 5.91 Å². The number of amides is 1. The summed E-state index contributed by atoms with van der Waals surface area (Å²) in [4.78, 5) is 11.7. The Labute approximate surface area is 107 Å². The Kier molecular flexibility index (Phi) is 5.61. The maximum Gasteiger partial charge on any atom is 0.250 e. The predicted molar refractivity (Wildman–Crippen MR) is 71.5 cm³/mol. The van der Waals surface area contributed by atoms with E-state index in [1.807, 2.05) is 19.9 Å². The van der Waals surface area contributed by atoms with Crippen LogP contribution in [0.4, 0.5) is 11.4 Å². The fourth-order valence-corrected chi connectivity index (χ4v) is 1.51. The number of nitrogens with two attached hydrogens (primary N) is 1. The standard InChI is InChI=1S/C13H20N2O3/c1-9-6-11(14)4-5-12(9)15-13(16)8-18-10(2)7-17-3/h4-6,10H,7-8,14H2,1-3H3,(H,15,16). The number of methoxy groups -OCH3 is 1. The normalized spacial score (nSPS) is 12.2. The third-order valence-corrected chi connectivity index (χ3v) is 2.42. The maximum absolute atomic E-state index is 11.7. The second-order valence-corrected chi connectivity index (χ2v) is 4.20. The lowest BCUT2D eigenvalue weighted by Gasteiger charge is -2.13. The van der Waals surface area contributed by atoms with Crippen LogP contribution >= 0.6 is 0 Å². The first-order chi connectivity index (χ1) is 8.52. The van der Waals surface area contributed by atoms with Gasteiger partial charge in [-0.05, 0) is 37.6 Å². The lowest BCUT2D eigenvalue weighted by molar-refractivity contribution is -0.123. The minimum Gasteiger partial charge on any atom is -0.399 e. The Bertz CT molecular complexity index is 407. The Morgan fingerprint density at radius 2 is 2.22 bits per heavy atom. The van der Waals surface area contributed by atoms with E-state index in [0.29, 0.717) is 12.3 Å². The first kappa shape index (κ1) is 14.5.